The molecule has 0 bridgehead atoms. The SMILES string of the molecule is O=C(NCc1ccc(P(=O)(O)N2CCOCC2)cc1)c1cnc2[nH]ncc2c1. The number of nitrogens with zero attached hydrogens (tertiary/aromatic N) is 3. The van der Waals surface area contributed by atoms with Gasteiger partial charge in [-0.05, 0) is 23.8 Å². The molecule has 0 aliphatic carbocycles. The van der Waals surface area contributed by atoms with Gasteiger partial charge in [-0.15, -0.1) is 0 Å². The zero-order valence-corrected chi connectivity index (χ0v) is 15.9. The molecule has 0 saturated carbocycles. The minimum absolute atomic E-state index is 0.249. The molecule has 1 aliphatic heterocycles. The Bertz CT molecular complexity index is 1030. The summed E-state index contributed by atoms with van der Waals surface area (Å²) in [5.41, 5.74) is 1.90. The molecule has 0 spiro atoms. The number of carbonyl (C=O) groups is 1. The number of pyridine rings is 1. The molecule has 1 atom stereocenters. The van der Waals surface area contributed by atoms with Crippen LogP contribution in [0.3, 0.4) is 0 Å². The minimum atomic E-state index is -3.59. The van der Waals surface area contributed by atoms with E-state index in [1.54, 1.807) is 41.2 Å². The largest absolute Gasteiger partial charge is 0.379 e. The van der Waals surface area contributed by atoms with E-state index in [-0.39, 0.29) is 5.91 Å². The van der Waals surface area contributed by atoms with Crippen molar-refractivity contribution in [2.24, 2.45) is 0 Å². The van der Waals surface area contributed by atoms with Crippen LogP contribution in [-0.4, -0.2) is 57.0 Å². The van der Waals surface area contributed by atoms with Crippen molar-refractivity contribution in [1.82, 2.24) is 25.2 Å². The topological polar surface area (TPSA) is 120 Å². The first-order valence-corrected chi connectivity index (χ1v) is 10.5. The summed E-state index contributed by atoms with van der Waals surface area (Å²) in [5.74, 6) is -0.249. The quantitative estimate of drug-likeness (QED) is 0.546. The van der Waals surface area contributed by atoms with E-state index >= 15 is 0 Å². The fourth-order valence-electron chi connectivity index (χ4n) is 3.04. The number of rotatable bonds is 5. The summed E-state index contributed by atoms with van der Waals surface area (Å²) in [5, 5.41) is 10.6. The van der Waals surface area contributed by atoms with Crippen molar-refractivity contribution >= 4 is 29.8 Å². The lowest BCUT2D eigenvalue weighted by molar-refractivity contribution is 0.0687. The Morgan fingerprint density at radius 3 is 2.75 bits per heavy atom. The highest BCUT2D eigenvalue weighted by molar-refractivity contribution is 7.63. The van der Waals surface area contributed by atoms with Gasteiger partial charge in [-0.25, -0.2) is 9.65 Å². The molecule has 3 N–H and O–H groups in total. The smallest absolute Gasteiger partial charge is 0.299 e. The molecule has 1 aliphatic rings. The van der Waals surface area contributed by atoms with Gasteiger partial charge in [0.1, 0.15) is 0 Å². The van der Waals surface area contributed by atoms with Crippen LogP contribution in [0.15, 0.2) is 42.7 Å². The van der Waals surface area contributed by atoms with Gasteiger partial charge in [0, 0.05) is 31.2 Å². The summed E-state index contributed by atoms with van der Waals surface area (Å²) in [6.07, 6.45) is 3.10. The molecule has 28 heavy (non-hydrogen) atoms. The fraction of sp³-hybridized carbons (Fsp3) is 0.278. The first-order valence-electron chi connectivity index (χ1n) is 8.87. The first-order chi connectivity index (χ1) is 13.5. The summed E-state index contributed by atoms with van der Waals surface area (Å²) in [6, 6.07) is 8.48. The third-order valence-corrected chi connectivity index (χ3v) is 6.79. The number of hydrogen-bond acceptors (Lipinski definition) is 5. The molecular formula is C18H20N5O4P. The number of ether oxygens (including phenoxy) is 1. The number of carbonyl (C=O) groups excluding carboxylic acids is 1. The van der Waals surface area contributed by atoms with Crippen molar-refractivity contribution < 1.29 is 19.0 Å². The highest BCUT2D eigenvalue weighted by atomic mass is 31.2. The van der Waals surface area contributed by atoms with Crippen LogP contribution in [0.5, 0.6) is 0 Å². The van der Waals surface area contributed by atoms with E-state index in [0.29, 0.717) is 49.4 Å². The van der Waals surface area contributed by atoms with Crippen LogP contribution in [0.1, 0.15) is 15.9 Å². The number of H-pyrrole nitrogens is 1. The van der Waals surface area contributed by atoms with Crippen molar-refractivity contribution in [1.29, 1.82) is 0 Å². The van der Waals surface area contributed by atoms with Crippen LogP contribution in [0.25, 0.3) is 11.0 Å². The summed E-state index contributed by atoms with van der Waals surface area (Å²) in [4.78, 5) is 27.0. The van der Waals surface area contributed by atoms with E-state index in [2.05, 4.69) is 20.5 Å². The van der Waals surface area contributed by atoms with Crippen LogP contribution >= 0.6 is 7.52 Å². The first kappa shape index (κ1) is 18.8. The number of nitrogens with one attached hydrogen (secondary N) is 2. The van der Waals surface area contributed by atoms with Gasteiger partial charge in [0.2, 0.25) is 0 Å². The Morgan fingerprint density at radius 1 is 1.25 bits per heavy atom. The van der Waals surface area contributed by atoms with Crippen molar-refractivity contribution in [3.05, 3.63) is 53.9 Å². The Hall–Kier alpha value is -2.58. The molecule has 10 heteroatoms. The maximum absolute atomic E-state index is 12.8. The molecule has 4 rings (SSSR count). The van der Waals surface area contributed by atoms with E-state index in [1.807, 2.05) is 0 Å². The van der Waals surface area contributed by atoms with Crippen LogP contribution in [0.2, 0.25) is 0 Å². The average molecular weight is 401 g/mol. The molecule has 146 valence electrons. The normalized spacial score (nSPS) is 17.3. The third-order valence-electron chi connectivity index (χ3n) is 4.65. The summed E-state index contributed by atoms with van der Waals surface area (Å²) >= 11 is 0. The molecule has 9 nitrogen and oxygen atoms in total. The van der Waals surface area contributed by atoms with Gasteiger partial charge in [0.15, 0.2) is 5.65 Å². The van der Waals surface area contributed by atoms with Gasteiger partial charge >= 0.3 is 0 Å². The Balaban J connectivity index is 1.40. The maximum atomic E-state index is 12.8. The molecule has 1 fully saturated rings. The third kappa shape index (κ3) is 3.83. The van der Waals surface area contributed by atoms with Crippen LogP contribution in [-0.2, 0) is 15.8 Å². The lowest BCUT2D eigenvalue weighted by atomic mass is 10.2. The fourth-order valence-corrected chi connectivity index (χ4v) is 4.61. The van der Waals surface area contributed by atoms with Gasteiger partial charge in [-0.3, -0.25) is 14.5 Å². The number of hydrogen-bond donors (Lipinski definition) is 3. The van der Waals surface area contributed by atoms with Crippen molar-refractivity contribution in [2.75, 3.05) is 26.3 Å². The molecule has 1 saturated heterocycles. The number of fused-ring (bicyclic) bond motifs is 1. The van der Waals surface area contributed by atoms with E-state index < -0.39 is 7.52 Å². The number of amides is 1. The molecule has 3 heterocycles. The average Bonchev–Trinajstić information content (AvgIpc) is 3.21. The Labute approximate surface area is 161 Å². The van der Waals surface area contributed by atoms with Gasteiger partial charge < -0.3 is 14.9 Å². The minimum Gasteiger partial charge on any atom is -0.379 e. The lowest BCUT2D eigenvalue weighted by Gasteiger charge is -2.30. The second kappa shape index (κ2) is 7.81. The highest BCUT2D eigenvalue weighted by Crippen LogP contribution is 2.44. The molecule has 1 unspecified atom stereocenters. The zero-order chi connectivity index (χ0) is 19.6. The summed E-state index contributed by atoms with van der Waals surface area (Å²) in [6.45, 7) is 2.07. The molecule has 1 amide bonds. The molecule has 0 radical (unpaired) electrons. The number of aromatic amines is 1. The Kier molecular flexibility index (Phi) is 5.23. The molecule has 3 aromatic rings. The monoisotopic (exact) mass is 401 g/mol. The number of benzene rings is 1. The van der Waals surface area contributed by atoms with E-state index in [4.69, 9.17) is 4.74 Å². The zero-order valence-electron chi connectivity index (χ0n) is 15.0. The van der Waals surface area contributed by atoms with E-state index in [0.717, 1.165) is 10.9 Å². The lowest BCUT2D eigenvalue weighted by Crippen LogP contribution is -2.36. The summed E-state index contributed by atoms with van der Waals surface area (Å²) < 4.78 is 19.6. The highest BCUT2D eigenvalue weighted by Gasteiger charge is 2.31. The number of aromatic nitrogens is 3. The van der Waals surface area contributed by atoms with E-state index in [1.165, 1.54) is 6.20 Å². The second-order valence-corrected chi connectivity index (χ2v) is 8.66. The Morgan fingerprint density at radius 2 is 2.00 bits per heavy atom. The van der Waals surface area contributed by atoms with Gasteiger partial charge in [-0.2, -0.15) is 5.10 Å². The van der Waals surface area contributed by atoms with Gasteiger partial charge in [0.05, 0.1) is 30.3 Å². The van der Waals surface area contributed by atoms with Crippen molar-refractivity contribution in [3.8, 4) is 0 Å². The predicted octanol–water partition coefficient (Wildman–Crippen LogP) is 1.03. The van der Waals surface area contributed by atoms with Crippen LogP contribution < -0.4 is 10.6 Å². The van der Waals surface area contributed by atoms with Gasteiger partial charge in [-0.1, -0.05) is 12.1 Å². The summed E-state index contributed by atoms with van der Waals surface area (Å²) in [7, 11) is -3.59. The molecule has 1 aromatic carbocycles. The standard InChI is InChI=1S/C18H20N5O4P/c24-18(15-9-14-12-21-22-17(14)19-11-15)20-10-13-1-3-16(4-2-13)28(25,26)23-5-7-27-8-6-23/h1-4,9,11-12H,5-8,10H2,(H,20,24)(H,25,26)(H,19,21,22). The van der Waals surface area contributed by atoms with Crippen molar-refractivity contribution in [3.63, 3.8) is 0 Å². The maximum Gasteiger partial charge on any atom is 0.299 e. The van der Waals surface area contributed by atoms with Gasteiger partial charge in [0.25, 0.3) is 13.4 Å². The second-order valence-electron chi connectivity index (χ2n) is 6.49. The predicted molar refractivity (Wildman–Crippen MR) is 103 cm³/mol. The van der Waals surface area contributed by atoms with Crippen molar-refractivity contribution in [2.45, 2.75) is 6.54 Å². The number of morpholine rings is 1. The van der Waals surface area contributed by atoms with E-state index in [9.17, 15) is 14.3 Å². The molecular weight excluding hydrogens is 381 g/mol. The van der Waals surface area contributed by atoms with Crippen LogP contribution in [0, 0.1) is 0 Å². The van der Waals surface area contributed by atoms with Crippen LogP contribution in [0.4, 0.5) is 0 Å². The molecule has 2 aromatic heterocycles.